The van der Waals surface area contributed by atoms with Crippen LogP contribution in [0.1, 0.15) is 29.5 Å². The van der Waals surface area contributed by atoms with Crippen LogP contribution in [-0.4, -0.2) is 30.6 Å². The number of hydrogen-bond acceptors (Lipinski definition) is 2. The van der Waals surface area contributed by atoms with Gasteiger partial charge >= 0.3 is 6.03 Å². The van der Waals surface area contributed by atoms with Gasteiger partial charge in [0.1, 0.15) is 5.82 Å². The monoisotopic (exact) mass is 497 g/mol. The van der Waals surface area contributed by atoms with Crippen LogP contribution in [0.25, 0.3) is 0 Å². The lowest BCUT2D eigenvalue weighted by molar-refractivity contribution is 0.160. The van der Waals surface area contributed by atoms with Crippen LogP contribution in [0.15, 0.2) is 60.7 Å². The number of halogens is 3. The molecule has 0 saturated carbocycles. The Morgan fingerprint density at radius 2 is 1.82 bits per heavy atom. The lowest BCUT2D eigenvalue weighted by Gasteiger charge is -2.40. The van der Waals surface area contributed by atoms with Crippen LogP contribution in [-0.2, 0) is 12.0 Å². The Bertz CT molecular complexity index is 1240. The van der Waals surface area contributed by atoms with Crippen molar-refractivity contribution in [1.82, 2.24) is 4.90 Å². The molecule has 34 heavy (non-hydrogen) atoms. The maximum Gasteiger partial charge on any atom is 0.326 e. The van der Waals surface area contributed by atoms with E-state index in [1.54, 1.807) is 35.2 Å². The summed E-state index contributed by atoms with van der Waals surface area (Å²) in [4.78, 5) is 17.4. The van der Waals surface area contributed by atoms with E-state index in [-0.39, 0.29) is 17.3 Å². The number of likely N-dealkylation sites (tertiary alicyclic amines) is 1. The first-order valence-electron chi connectivity index (χ1n) is 11.4. The van der Waals surface area contributed by atoms with E-state index in [4.69, 9.17) is 23.2 Å². The van der Waals surface area contributed by atoms with Crippen molar-refractivity contribution >= 4 is 40.6 Å². The van der Waals surface area contributed by atoms with Crippen LogP contribution >= 0.6 is 23.2 Å². The number of piperidine rings is 1. The van der Waals surface area contributed by atoms with Crippen molar-refractivity contribution in [3.63, 3.8) is 0 Å². The molecule has 2 heterocycles. The van der Waals surface area contributed by atoms with E-state index < -0.39 is 0 Å². The minimum atomic E-state index is -0.271. The van der Waals surface area contributed by atoms with Gasteiger partial charge in [-0.25, -0.2) is 9.18 Å². The van der Waals surface area contributed by atoms with Crippen molar-refractivity contribution in [3.05, 3.63) is 93.2 Å². The number of carbonyl (C=O) groups excluding carboxylic acids is 1. The van der Waals surface area contributed by atoms with Crippen LogP contribution in [0.2, 0.25) is 10.0 Å². The molecule has 7 heteroatoms. The second kappa shape index (κ2) is 9.21. The van der Waals surface area contributed by atoms with E-state index in [0.717, 1.165) is 43.7 Å². The van der Waals surface area contributed by atoms with E-state index in [2.05, 4.69) is 41.4 Å². The minimum absolute atomic E-state index is 0.254. The highest BCUT2D eigenvalue weighted by molar-refractivity contribution is 6.42. The van der Waals surface area contributed by atoms with E-state index in [1.165, 1.54) is 17.2 Å². The summed E-state index contributed by atoms with van der Waals surface area (Å²) in [6.45, 7) is 5.32. The number of rotatable bonds is 3. The molecule has 0 aliphatic carbocycles. The lowest BCUT2D eigenvalue weighted by Crippen LogP contribution is -2.46. The molecule has 0 radical (unpaired) electrons. The van der Waals surface area contributed by atoms with E-state index in [1.807, 2.05) is 0 Å². The first kappa shape index (κ1) is 23.2. The molecule has 1 spiro atoms. The zero-order valence-corrected chi connectivity index (χ0v) is 20.5. The van der Waals surface area contributed by atoms with E-state index in [0.29, 0.717) is 22.3 Å². The molecule has 0 unspecified atom stereocenters. The molecule has 5 rings (SSSR count). The van der Waals surface area contributed by atoms with E-state index in [9.17, 15) is 9.18 Å². The number of fused-ring (bicyclic) bond motifs is 2. The molecule has 0 bridgehead atoms. The standard InChI is InChI=1S/C27H26Cl2FN3O/c1-18-3-2-4-19(13-18)16-32-11-9-27(10-12-32)17-33(25-8-5-20(30)14-22(25)27)26(34)31-21-6-7-23(28)24(29)15-21/h2-8,13-15H,9-12,16-17H2,1H3,(H,31,34). The van der Waals surface area contributed by atoms with Gasteiger partial charge in [0, 0.05) is 29.9 Å². The molecule has 2 aliphatic rings. The smallest absolute Gasteiger partial charge is 0.307 e. The minimum Gasteiger partial charge on any atom is -0.307 e. The third kappa shape index (κ3) is 4.52. The largest absolute Gasteiger partial charge is 0.326 e. The van der Waals surface area contributed by atoms with Crippen LogP contribution in [0.4, 0.5) is 20.6 Å². The first-order valence-corrected chi connectivity index (χ1v) is 12.2. The van der Waals surface area contributed by atoms with Crippen molar-refractivity contribution in [2.75, 3.05) is 29.9 Å². The Labute approximate surface area is 209 Å². The summed E-state index contributed by atoms with van der Waals surface area (Å²) in [6, 6.07) is 18.1. The third-order valence-corrected chi connectivity index (χ3v) is 7.74. The number of urea groups is 1. The Morgan fingerprint density at radius 1 is 1.03 bits per heavy atom. The fourth-order valence-electron chi connectivity index (χ4n) is 5.22. The highest BCUT2D eigenvalue weighted by atomic mass is 35.5. The highest BCUT2D eigenvalue weighted by Crippen LogP contribution is 2.47. The van der Waals surface area contributed by atoms with Gasteiger partial charge in [-0.3, -0.25) is 9.80 Å². The topological polar surface area (TPSA) is 35.6 Å². The first-order chi connectivity index (χ1) is 16.3. The Balaban J connectivity index is 1.34. The Hall–Kier alpha value is -2.60. The third-order valence-electron chi connectivity index (χ3n) is 7.00. The molecule has 176 valence electrons. The molecule has 2 aliphatic heterocycles. The van der Waals surface area contributed by atoms with Gasteiger partial charge in [-0.05, 0) is 80.4 Å². The maximum absolute atomic E-state index is 14.3. The molecule has 1 fully saturated rings. The van der Waals surface area contributed by atoms with E-state index >= 15 is 0 Å². The Morgan fingerprint density at radius 3 is 2.56 bits per heavy atom. The van der Waals surface area contributed by atoms with Gasteiger partial charge in [0.25, 0.3) is 0 Å². The number of nitrogens with one attached hydrogen (secondary N) is 1. The van der Waals surface area contributed by atoms with Crippen LogP contribution < -0.4 is 10.2 Å². The van der Waals surface area contributed by atoms with Gasteiger partial charge in [-0.15, -0.1) is 0 Å². The number of benzene rings is 3. The summed E-state index contributed by atoms with van der Waals surface area (Å²) in [5.41, 5.74) is 4.57. The average Bonchev–Trinajstić information content (AvgIpc) is 3.11. The van der Waals surface area contributed by atoms with Gasteiger partial charge < -0.3 is 5.32 Å². The number of nitrogens with zero attached hydrogens (tertiary/aromatic N) is 2. The van der Waals surface area contributed by atoms with Gasteiger partial charge in [0.05, 0.1) is 10.0 Å². The molecule has 3 aromatic rings. The zero-order valence-electron chi connectivity index (χ0n) is 19.0. The van der Waals surface area contributed by atoms with Crippen molar-refractivity contribution in [3.8, 4) is 0 Å². The molecule has 4 nitrogen and oxygen atoms in total. The summed E-state index contributed by atoms with van der Waals surface area (Å²) in [6.07, 6.45) is 1.73. The quantitative estimate of drug-likeness (QED) is 0.421. The zero-order chi connectivity index (χ0) is 23.9. The maximum atomic E-state index is 14.3. The predicted octanol–water partition coefficient (Wildman–Crippen LogP) is 7.03. The number of amides is 2. The fraction of sp³-hybridized carbons (Fsp3) is 0.296. The van der Waals surface area contributed by atoms with Crippen LogP contribution in [0.3, 0.4) is 0 Å². The molecule has 2 amide bonds. The highest BCUT2D eigenvalue weighted by Gasteiger charge is 2.46. The number of hydrogen-bond donors (Lipinski definition) is 1. The predicted molar refractivity (Wildman–Crippen MR) is 137 cm³/mol. The molecular formula is C27H26Cl2FN3O. The molecule has 1 saturated heterocycles. The van der Waals surface area contributed by atoms with Gasteiger partial charge in [0.2, 0.25) is 0 Å². The van der Waals surface area contributed by atoms with Gasteiger partial charge in [0.15, 0.2) is 0 Å². The van der Waals surface area contributed by atoms with Crippen LogP contribution in [0.5, 0.6) is 0 Å². The van der Waals surface area contributed by atoms with Crippen molar-refractivity contribution in [1.29, 1.82) is 0 Å². The molecule has 0 atom stereocenters. The van der Waals surface area contributed by atoms with Crippen molar-refractivity contribution in [2.24, 2.45) is 0 Å². The second-order valence-electron chi connectivity index (χ2n) is 9.35. The molecule has 0 aromatic heterocycles. The van der Waals surface area contributed by atoms with Crippen LogP contribution in [0, 0.1) is 12.7 Å². The summed E-state index contributed by atoms with van der Waals surface area (Å²) in [5.74, 6) is -0.271. The average molecular weight is 498 g/mol. The van der Waals surface area contributed by atoms with Gasteiger partial charge in [-0.1, -0.05) is 53.0 Å². The SMILES string of the molecule is Cc1cccc(CN2CCC3(CC2)CN(C(=O)Nc2ccc(Cl)c(Cl)c2)c2ccc(F)cc23)c1. The molecular weight excluding hydrogens is 472 g/mol. The normalized spacial score (nSPS) is 17.1. The summed E-state index contributed by atoms with van der Waals surface area (Å²) in [5, 5.41) is 3.72. The molecule has 3 aromatic carbocycles. The second-order valence-corrected chi connectivity index (χ2v) is 10.2. The van der Waals surface area contributed by atoms with Crippen molar-refractivity contribution < 1.29 is 9.18 Å². The lowest BCUT2D eigenvalue weighted by atomic mass is 9.74. The number of anilines is 2. The fourth-order valence-corrected chi connectivity index (χ4v) is 5.52. The summed E-state index contributed by atoms with van der Waals surface area (Å²) < 4.78 is 14.3. The number of aryl methyl sites for hydroxylation is 1. The summed E-state index contributed by atoms with van der Waals surface area (Å²) >= 11 is 12.1. The summed E-state index contributed by atoms with van der Waals surface area (Å²) in [7, 11) is 0. The molecule has 1 N–H and O–H groups in total. The van der Waals surface area contributed by atoms with Gasteiger partial charge in [-0.2, -0.15) is 0 Å². The number of carbonyl (C=O) groups is 1. The Kier molecular flexibility index (Phi) is 6.28. The van der Waals surface area contributed by atoms with Crippen molar-refractivity contribution in [2.45, 2.75) is 31.7 Å².